The number of carbonyl (C=O) groups is 1. The standard InChI is InChI=1S/C14H14O2Si/c1-17(13-10-6-3-7-11-13)16-14(15)12-8-4-2-5-9-12/h2-11,17H,1H3. The molecule has 0 fully saturated rings. The maximum absolute atomic E-state index is 11.8. The zero-order chi connectivity index (χ0) is 12.1. The molecule has 0 spiro atoms. The van der Waals surface area contributed by atoms with Crippen LogP contribution in [-0.4, -0.2) is 15.0 Å². The van der Waals surface area contributed by atoms with Gasteiger partial charge in [-0.25, -0.2) is 4.79 Å². The molecule has 0 amide bonds. The van der Waals surface area contributed by atoms with Crippen LogP contribution in [0.25, 0.3) is 0 Å². The van der Waals surface area contributed by atoms with E-state index in [1.165, 1.54) is 0 Å². The topological polar surface area (TPSA) is 26.3 Å². The molecule has 2 aromatic rings. The summed E-state index contributed by atoms with van der Waals surface area (Å²) >= 11 is 0. The van der Waals surface area contributed by atoms with Crippen molar-refractivity contribution in [3.8, 4) is 0 Å². The van der Waals surface area contributed by atoms with Crippen LogP contribution in [0.5, 0.6) is 0 Å². The lowest BCUT2D eigenvalue weighted by atomic mass is 10.2. The van der Waals surface area contributed by atoms with Crippen LogP contribution < -0.4 is 5.19 Å². The molecule has 2 nitrogen and oxygen atoms in total. The van der Waals surface area contributed by atoms with E-state index in [2.05, 4.69) is 0 Å². The van der Waals surface area contributed by atoms with Gasteiger partial charge in [0.1, 0.15) is 0 Å². The third kappa shape index (κ3) is 3.04. The molecule has 0 saturated carbocycles. The first-order valence-electron chi connectivity index (χ1n) is 5.58. The number of hydrogen-bond donors (Lipinski definition) is 0. The Kier molecular flexibility index (Phi) is 3.72. The van der Waals surface area contributed by atoms with Crippen molar-refractivity contribution in [3.05, 3.63) is 66.2 Å². The van der Waals surface area contributed by atoms with Gasteiger partial charge >= 0.3 is 5.97 Å². The number of rotatable bonds is 3. The fourth-order valence-corrected chi connectivity index (χ4v) is 2.95. The Balaban J connectivity index is 2.05. The van der Waals surface area contributed by atoms with Crippen LogP contribution in [0.4, 0.5) is 0 Å². The van der Waals surface area contributed by atoms with Gasteiger partial charge in [-0.05, 0) is 23.9 Å². The predicted molar refractivity (Wildman–Crippen MR) is 70.9 cm³/mol. The zero-order valence-corrected chi connectivity index (χ0v) is 10.8. The third-order valence-corrected chi connectivity index (χ3v) is 4.45. The molecule has 0 N–H and O–H groups in total. The van der Waals surface area contributed by atoms with Crippen molar-refractivity contribution >= 4 is 20.2 Å². The van der Waals surface area contributed by atoms with Crippen molar-refractivity contribution in [2.24, 2.45) is 0 Å². The molecule has 86 valence electrons. The summed E-state index contributed by atoms with van der Waals surface area (Å²) in [5.41, 5.74) is 0.614. The molecule has 1 atom stereocenters. The molecule has 3 heteroatoms. The van der Waals surface area contributed by atoms with E-state index in [1.807, 2.05) is 55.1 Å². The highest BCUT2D eigenvalue weighted by Crippen LogP contribution is 2.02. The summed E-state index contributed by atoms with van der Waals surface area (Å²) in [6, 6.07) is 19.0. The lowest BCUT2D eigenvalue weighted by Crippen LogP contribution is -2.32. The van der Waals surface area contributed by atoms with Gasteiger partial charge < -0.3 is 4.43 Å². The predicted octanol–water partition coefficient (Wildman–Crippen LogP) is 2.10. The van der Waals surface area contributed by atoms with Crippen molar-refractivity contribution in [1.82, 2.24) is 0 Å². The minimum absolute atomic E-state index is 0.228. The minimum Gasteiger partial charge on any atom is -0.514 e. The summed E-state index contributed by atoms with van der Waals surface area (Å²) in [6.45, 7) is 2.01. The fourth-order valence-electron chi connectivity index (χ4n) is 1.59. The van der Waals surface area contributed by atoms with Gasteiger partial charge in [-0.1, -0.05) is 48.5 Å². The molecular formula is C14H14O2Si. The Hall–Kier alpha value is -1.87. The van der Waals surface area contributed by atoms with Gasteiger partial charge in [-0.2, -0.15) is 0 Å². The molecule has 0 heterocycles. The minimum atomic E-state index is -1.64. The maximum Gasteiger partial charge on any atom is 0.324 e. The molecule has 0 aromatic heterocycles. The second kappa shape index (κ2) is 5.45. The van der Waals surface area contributed by atoms with Gasteiger partial charge in [0.05, 0.1) is 5.56 Å². The lowest BCUT2D eigenvalue weighted by molar-refractivity contribution is 0.0737. The largest absolute Gasteiger partial charge is 0.514 e. The van der Waals surface area contributed by atoms with E-state index < -0.39 is 9.04 Å². The Morgan fingerprint density at radius 2 is 1.47 bits per heavy atom. The highest BCUT2D eigenvalue weighted by atomic mass is 28.3. The second-order valence-corrected chi connectivity index (χ2v) is 6.01. The summed E-state index contributed by atoms with van der Waals surface area (Å²) in [5, 5.41) is 1.14. The van der Waals surface area contributed by atoms with Gasteiger partial charge in [-0.3, -0.25) is 0 Å². The van der Waals surface area contributed by atoms with Crippen LogP contribution in [0, 0.1) is 0 Å². The van der Waals surface area contributed by atoms with Crippen LogP contribution >= 0.6 is 0 Å². The van der Waals surface area contributed by atoms with Gasteiger partial charge in [0.15, 0.2) is 0 Å². The molecule has 0 bridgehead atoms. The smallest absolute Gasteiger partial charge is 0.324 e. The van der Waals surface area contributed by atoms with Crippen LogP contribution in [0.15, 0.2) is 60.7 Å². The van der Waals surface area contributed by atoms with E-state index >= 15 is 0 Å². The Labute approximate surface area is 103 Å². The first-order valence-corrected chi connectivity index (χ1v) is 7.78. The molecule has 0 aliphatic rings. The molecule has 0 saturated heterocycles. The van der Waals surface area contributed by atoms with Crippen molar-refractivity contribution in [3.63, 3.8) is 0 Å². The van der Waals surface area contributed by atoms with Crippen molar-refractivity contribution in [2.75, 3.05) is 0 Å². The van der Waals surface area contributed by atoms with E-state index in [0.717, 1.165) is 5.19 Å². The number of hydrogen-bond acceptors (Lipinski definition) is 2. The number of benzene rings is 2. The average Bonchev–Trinajstić information content (AvgIpc) is 2.40. The molecule has 17 heavy (non-hydrogen) atoms. The monoisotopic (exact) mass is 242 g/mol. The van der Waals surface area contributed by atoms with Gasteiger partial charge in [0.2, 0.25) is 0 Å². The maximum atomic E-state index is 11.8. The van der Waals surface area contributed by atoms with E-state index in [-0.39, 0.29) is 5.97 Å². The molecular weight excluding hydrogens is 228 g/mol. The molecule has 1 unspecified atom stereocenters. The van der Waals surface area contributed by atoms with E-state index in [1.54, 1.807) is 12.1 Å². The molecule has 0 radical (unpaired) electrons. The lowest BCUT2D eigenvalue weighted by Gasteiger charge is -2.12. The Morgan fingerprint density at radius 1 is 0.941 bits per heavy atom. The van der Waals surface area contributed by atoms with E-state index in [4.69, 9.17) is 4.43 Å². The van der Waals surface area contributed by atoms with Crippen LogP contribution in [0.3, 0.4) is 0 Å². The normalized spacial score (nSPS) is 11.8. The highest BCUT2D eigenvalue weighted by Gasteiger charge is 2.14. The van der Waals surface area contributed by atoms with Crippen molar-refractivity contribution in [1.29, 1.82) is 0 Å². The summed E-state index contributed by atoms with van der Waals surface area (Å²) < 4.78 is 5.52. The average molecular weight is 242 g/mol. The van der Waals surface area contributed by atoms with E-state index in [0.29, 0.717) is 5.56 Å². The Bertz CT molecular complexity index is 482. The first kappa shape index (κ1) is 11.6. The molecule has 2 rings (SSSR count). The van der Waals surface area contributed by atoms with Crippen molar-refractivity contribution in [2.45, 2.75) is 6.55 Å². The summed E-state index contributed by atoms with van der Waals surface area (Å²) in [6.07, 6.45) is 0. The van der Waals surface area contributed by atoms with Gasteiger partial charge in [0, 0.05) is 0 Å². The van der Waals surface area contributed by atoms with Gasteiger partial charge in [-0.15, -0.1) is 0 Å². The van der Waals surface area contributed by atoms with Crippen LogP contribution in [-0.2, 0) is 4.43 Å². The molecule has 2 aromatic carbocycles. The Morgan fingerprint density at radius 3 is 2.06 bits per heavy atom. The SMILES string of the molecule is C[SiH](OC(=O)c1ccccc1)c1ccccc1. The highest BCUT2D eigenvalue weighted by molar-refractivity contribution is 6.67. The van der Waals surface area contributed by atoms with Crippen LogP contribution in [0.2, 0.25) is 6.55 Å². The molecule has 0 aliphatic heterocycles. The van der Waals surface area contributed by atoms with Crippen molar-refractivity contribution < 1.29 is 9.22 Å². The van der Waals surface area contributed by atoms with Gasteiger partial charge in [0.25, 0.3) is 9.04 Å². The number of carbonyl (C=O) groups excluding carboxylic acids is 1. The quantitative estimate of drug-likeness (QED) is 0.771. The summed E-state index contributed by atoms with van der Waals surface area (Å²) in [7, 11) is -1.64. The van der Waals surface area contributed by atoms with Crippen LogP contribution in [0.1, 0.15) is 10.4 Å². The first-order chi connectivity index (χ1) is 8.27. The van der Waals surface area contributed by atoms with E-state index in [9.17, 15) is 4.79 Å². The summed E-state index contributed by atoms with van der Waals surface area (Å²) in [4.78, 5) is 11.8. The fraction of sp³-hybridized carbons (Fsp3) is 0.0714. The zero-order valence-electron chi connectivity index (χ0n) is 9.67. The molecule has 0 aliphatic carbocycles. The second-order valence-electron chi connectivity index (χ2n) is 3.82. The third-order valence-electron chi connectivity index (χ3n) is 2.56. The summed E-state index contributed by atoms with van der Waals surface area (Å²) in [5.74, 6) is -0.228.